The maximum absolute atomic E-state index is 12.6. The number of rotatable bonds is 5. The maximum Gasteiger partial charge on any atom is 0.329 e. The van der Waals surface area contributed by atoms with Crippen LogP contribution in [0.5, 0.6) is 0 Å². The summed E-state index contributed by atoms with van der Waals surface area (Å²) in [6.07, 6.45) is 2.09. The average Bonchev–Trinajstić information content (AvgIpc) is 2.94. The van der Waals surface area contributed by atoms with E-state index < -0.39 is 30.0 Å². The van der Waals surface area contributed by atoms with E-state index in [4.69, 9.17) is 11.6 Å². The number of aliphatic carboxylic acids is 1. The van der Waals surface area contributed by atoms with Gasteiger partial charge in [0, 0.05) is 18.0 Å². The molecule has 8 nitrogen and oxygen atoms in total. The van der Waals surface area contributed by atoms with Gasteiger partial charge in [0.05, 0.1) is 5.69 Å². The largest absolute Gasteiger partial charge is 0.480 e. The molecule has 2 saturated heterocycles. The van der Waals surface area contributed by atoms with Gasteiger partial charge in [0.25, 0.3) is 5.91 Å². The van der Waals surface area contributed by atoms with Gasteiger partial charge in [-0.05, 0) is 49.9 Å². The van der Waals surface area contributed by atoms with E-state index in [9.17, 15) is 24.3 Å². The third-order valence-electron chi connectivity index (χ3n) is 4.86. The van der Waals surface area contributed by atoms with Gasteiger partial charge < -0.3 is 15.3 Å². The highest BCUT2D eigenvalue weighted by atomic mass is 35.5. The van der Waals surface area contributed by atoms with E-state index in [1.54, 1.807) is 24.3 Å². The minimum atomic E-state index is -1.01. The summed E-state index contributed by atoms with van der Waals surface area (Å²) < 4.78 is 0. The number of anilines is 1. The van der Waals surface area contributed by atoms with Gasteiger partial charge in [-0.1, -0.05) is 11.6 Å². The Bertz CT molecular complexity index is 767. The Kier molecular flexibility index (Phi) is 5.65. The predicted molar refractivity (Wildman–Crippen MR) is 97.5 cm³/mol. The van der Waals surface area contributed by atoms with Crippen molar-refractivity contribution >= 4 is 41.1 Å². The van der Waals surface area contributed by atoms with Crippen LogP contribution in [0.15, 0.2) is 24.3 Å². The number of hydrogen-bond acceptors (Lipinski definition) is 4. The number of benzene rings is 1. The number of piperidine rings is 1. The predicted octanol–water partition coefficient (Wildman–Crippen LogP) is 2.01. The number of nitrogens with one attached hydrogen (secondary N) is 1. The first-order valence-corrected chi connectivity index (χ1v) is 9.18. The first-order chi connectivity index (χ1) is 12.9. The summed E-state index contributed by atoms with van der Waals surface area (Å²) in [6.45, 7) is 0.400. The van der Waals surface area contributed by atoms with E-state index in [1.807, 2.05) is 0 Å². The van der Waals surface area contributed by atoms with Crippen LogP contribution >= 0.6 is 11.6 Å². The summed E-state index contributed by atoms with van der Waals surface area (Å²) in [5.74, 6) is -1.76. The number of carbonyl (C=O) groups is 4. The fourth-order valence-electron chi connectivity index (χ4n) is 3.46. The molecule has 27 heavy (non-hydrogen) atoms. The average molecular weight is 394 g/mol. The van der Waals surface area contributed by atoms with Crippen molar-refractivity contribution in [2.24, 2.45) is 0 Å². The lowest BCUT2D eigenvalue weighted by Gasteiger charge is -2.33. The molecule has 4 amide bonds. The van der Waals surface area contributed by atoms with Crippen LogP contribution in [-0.2, 0) is 14.4 Å². The molecule has 0 saturated carbocycles. The number of imide groups is 1. The summed E-state index contributed by atoms with van der Waals surface area (Å²) >= 11 is 5.82. The van der Waals surface area contributed by atoms with Gasteiger partial charge in [-0.15, -0.1) is 0 Å². The number of carboxylic acids is 1. The van der Waals surface area contributed by atoms with Crippen molar-refractivity contribution in [3.05, 3.63) is 29.3 Å². The zero-order valence-electron chi connectivity index (χ0n) is 14.6. The Hall–Kier alpha value is -2.61. The van der Waals surface area contributed by atoms with Crippen molar-refractivity contribution < 1.29 is 24.3 Å². The second-order valence-corrected chi connectivity index (χ2v) is 7.06. The van der Waals surface area contributed by atoms with E-state index in [2.05, 4.69) is 5.32 Å². The number of urea groups is 1. The third kappa shape index (κ3) is 4.05. The molecule has 2 unspecified atom stereocenters. The molecule has 0 radical (unpaired) electrons. The smallest absolute Gasteiger partial charge is 0.329 e. The number of carboxylic acid groups (broad SMARTS) is 1. The van der Waals surface area contributed by atoms with Crippen LogP contribution < -0.4 is 10.2 Å². The van der Waals surface area contributed by atoms with Crippen molar-refractivity contribution in [1.29, 1.82) is 0 Å². The van der Waals surface area contributed by atoms with Crippen LogP contribution in [-0.4, -0.2) is 52.4 Å². The van der Waals surface area contributed by atoms with Crippen molar-refractivity contribution in [2.75, 3.05) is 11.4 Å². The van der Waals surface area contributed by atoms with Gasteiger partial charge in [0.2, 0.25) is 5.91 Å². The molecule has 144 valence electrons. The minimum absolute atomic E-state index is 0.00504. The SMILES string of the molecule is O=C(O)C1CCCCN1C(=O)CCC1NC(=O)N(c2ccc(Cl)cc2)C1=O. The summed E-state index contributed by atoms with van der Waals surface area (Å²) in [6, 6.07) is 4.11. The molecule has 1 aromatic rings. The number of amides is 4. The zero-order valence-corrected chi connectivity index (χ0v) is 15.3. The lowest BCUT2D eigenvalue weighted by atomic mass is 10.0. The van der Waals surface area contributed by atoms with E-state index in [1.165, 1.54) is 4.90 Å². The highest BCUT2D eigenvalue weighted by Gasteiger charge is 2.40. The summed E-state index contributed by atoms with van der Waals surface area (Å²) in [5, 5.41) is 12.3. The summed E-state index contributed by atoms with van der Waals surface area (Å²) in [7, 11) is 0. The molecule has 2 fully saturated rings. The number of carbonyl (C=O) groups excluding carboxylic acids is 3. The Balaban J connectivity index is 1.62. The summed E-state index contributed by atoms with van der Waals surface area (Å²) in [4.78, 5) is 50.9. The van der Waals surface area contributed by atoms with Crippen LogP contribution in [0.2, 0.25) is 5.02 Å². The normalized spacial score (nSPS) is 22.7. The molecule has 2 aliphatic rings. The van der Waals surface area contributed by atoms with Crippen molar-refractivity contribution in [2.45, 2.75) is 44.2 Å². The van der Waals surface area contributed by atoms with Gasteiger partial charge >= 0.3 is 12.0 Å². The van der Waals surface area contributed by atoms with Crippen LogP contribution in [0.4, 0.5) is 10.5 Å². The molecule has 2 atom stereocenters. The van der Waals surface area contributed by atoms with Crippen LogP contribution in [0.1, 0.15) is 32.1 Å². The molecule has 3 rings (SSSR count). The van der Waals surface area contributed by atoms with Gasteiger partial charge in [-0.25, -0.2) is 14.5 Å². The number of halogens is 1. The molecular weight excluding hydrogens is 374 g/mol. The molecule has 0 spiro atoms. The van der Waals surface area contributed by atoms with Crippen molar-refractivity contribution in [3.63, 3.8) is 0 Å². The zero-order chi connectivity index (χ0) is 19.6. The van der Waals surface area contributed by atoms with E-state index in [-0.39, 0.29) is 18.7 Å². The lowest BCUT2D eigenvalue weighted by Crippen LogP contribution is -2.48. The third-order valence-corrected chi connectivity index (χ3v) is 5.11. The van der Waals surface area contributed by atoms with Crippen molar-refractivity contribution in [1.82, 2.24) is 10.2 Å². The van der Waals surface area contributed by atoms with Crippen molar-refractivity contribution in [3.8, 4) is 0 Å². The van der Waals surface area contributed by atoms with E-state index >= 15 is 0 Å². The Morgan fingerprint density at radius 3 is 2.56 bits per heavy atom. The monoisotopic (exact) mass is 393 g/mol. The lowest BCUT2D eigenvalue weighted by molar-refractivity contribution is -0.152. The standard InChI is InChI=1S/C18H20ClN3O5/c19-11-4-6-12(7-5-11)22-16(24)13(20-18(22)27)8-9-15(23)21-10-2-1-3-14(21)17(25)26/h4-7,13-14H,1-3,8-10H2,(H,20,27)(H,25,26). The highest BCUT2D eigenvalue weighted by molar-refractivity contribution is 6.30. The fraction of sp³-hybridized carbons (Fsp3) is 0.444. The molecule has 2 aliphatic heterocycles. The second-order valence-electron chi connectivity index (χ2n) is 6.63. The van der Waals surface area contributed by atoms with Gasteiger partial charge in [0.15, 0.2) is 0 Å². The number of likely N-dealkylation sites (tertiary alicyclic amines) is 1. The molecule has 2 N–H and O–H groups in total. The fourth-order valence-corrected chi connectivity index (χ4v) is 3.59. The molecule has 2 heterocycles. The van der Waals surface area contributed by atoms with Gasteiger partial charge in [-0.3, -0.25) is 9.59 Å². The highest BCUT2D eigenvalue weighted by Crippen LogP contribution is 2.24. The second kappa shape index (κ2) is 7.96. The van der Waals surface area contributed by atoms with Gasteiger partial charge in [-0.2, -0.15) is 0 Å². The molecular formula is C18H20ClN3O5. The first kappa shape index (κ1) is 19.2. The first-order valence-electron chi connectivity index (χ1n) is 8.81. The molecule has 9 heteroatoms. The Morgan fingerprint density at radius 1 is 1.19 bits per heavy atom. The molecule has 0 aliphatic carbocycles. The summed E-state index contributed by atoms with van der Waals surface area (Å²) in [5.41, 5.74) is 0.401. The maximum atomic E-state index is 12.6. The number of nitrogens with zero attached hydrogens (tertiary/aromatic N) is 2. The van der Waals surface area contributed by atoms with E-state index in [0.29, 0.717) is 23.7 Å². The topological polar surface area (TPSA) is 107 Å². The molecule has 0 aromatic heterocycles. The van der Waals surface area contributed by atoms with Crippen LogP contribution in [0.3, 0.4) is 0 Å². The molecule has 0 bridgehead atoms. The number of hydrogen-bond donors (Lipinski definition) is 2. The molecule has 1 aromatic carbocycles. The quantitative estimate of drug-likeness (QED) is 0.744. The van der Waals surface area contributed by atoms with Crippen LogP contribution in [0, 0.1) is 0 Å². The van der Waals surface area contributed by atoms with Gasteiger partial charge in [0.1, 0.15) is 12.1 Å². The van der Waals surface area contributed by atoms with E-state index in [0.717, 1.165) is 17.7 Å². The Labute approximate surface area is 161 Å². The Morgan fingerprint density at radius 2 is 1.89 bits per heavy atom. The minimum Gasteiger partial charge on any atom is -0.480 e. The van der Waals surface area contributed by atoms with Crippen LogP contribution in [0.25, 0.3) is 0 Å².